The lowest BCUT2D eigenvalue weighted by Crippen LogP contribution is -2.12. The molecule has 0 atom stereocenters. The van der Waals surface area contributed by atoms with Gasteiger partial charge in [-0.1, -0.05) is 206 Å². The number of allylic oxidation sites excluding steroid dienone is 1. The van der Waals surface area contributed by atoms with E-state index in [1.807, 2.05) is 0 Å². The SMILES string of the molecule is N#Cc1c(-c2ccccc2)c(/C=C2/Cc3ccccc3-c3ccccc32)c(-n2c3ccccc3c3ccc4c(c5ccccc5n4-c4ccccc4)c32)c(-n2c3ccccc3c3ccccc32)c1-c1ccccc1. The minimum atomic E-state index is 0.617. The smallest absolute Gasteiger partial charge is 0.101 e. The number of nitriles is 1. The highest BCUT2D eigenvalue weighted by Crippen LogP contribution is 2.52. The second kappa shape index (κ2) is 16.6. The molecular weight excluding hydrogens is 897 g/mol. The van der Waals surface area contributed by atoms with Crippen molar-refractivity contribution in [3.8, 4) is 56.5 Å². The van der Waals surface area contributed by atoms with Gasteiger partial charge >= 0.3 is 0 Å². The van der Waals surface area contributed by atoms with Crippen LogP contribution < -0.4 is 0 Å². The van der Waals surface area contributed by atoms with Gasteiger partial charge in [0, 0.05) is 54.7 Å². The molecule has 0 saturated heterocycles. The Morgan fingerprint density at radius 1 is 0.365 bits per heavy atom. The Kier molecular flexibility index (Phi) is 9.36. The van der Waals surface area contributed by atoms with Crippen LogP contribution >= 0.6 is 0 Å². The lowest BCUT2D eigenvalue weighted by Gasteiger charge is -2.28. The molecule has 74 heavy (non-hydrogen) atoms. The summed E-state index contributed by atoms with van der Waals surface area (Å²) in [6, 6.07) is 92.6. The van der Waals surface area contributed by atoms with Crippen LogP contribution in [-0.4, -0.2) is 13.7 Å². The maximum atomic E-state index is 12.2. The third-order valence-electron chi connectivity index (χ3n) is 15.5. The number of nitrogens with zero attached hydrogens (tertiary/aromatic N) is 4. The molecule has 3 aromatic heterocycles. The standard InChI is InChI=1S/C70H44N4/c71-44-59-65(45-22-4-1-5-23-45)58(43-48-42-47-26-10-11-29-50(47)52-31-13-12-30-51(48)52)69(70(66(59)46-24-6-2-7-25-46)73-60-36-18-14-32-53(60)54-33-15-19-37-61(54)73)74-62-38-20-16-34-55(62)56-40-41-64-67(68(56)74)57-35-17-21-39-63(57)72(64)49-27-8-3-9-28-49/h1-41,43H,42H2/b48-43-. The summed E-state index contributed by atoms with van der Waals surface area (Å²) in [6.07, 6.45) is 3.17. The minimum Gasteiger partial charge on any atom is -0.309 e. The Balaban J connectivity index is 1.25. The first-order valence-electron chi connectivity index (χ1n) is 25.4. The number of fused-ring (bicyclic) bond motifs is 13. The van der Waals surface area contributed by atoms with E-state index in [4.69, 9.17) is 0 Å². The normalized spacial score (nSPS) is 12.8. The van der Waals surface area contributed by atoms with Gasteiger partial charge in [0.2, 0.25) is 0 Å². The van der Waals surface area contributed by atoms with Crippen LogP contribution in [-0.2, 0) is 6.42 Å². The second-order valence-corrected chi connectivity index (χ2v) is 19.4. The van der Waals surface area contributed by atoms with Crippen LogP contribution in [0.1, 0.15) is 22.3 Å². The molecule has 0 unspecified atom stereocenters. The van der Waals surface area contributed by atoms with E-state index in [1.165, 1.54) is 27.8 Å². The Bertz CT molecular complexity index is 4620. The summed E-state index contributed by atoms with van der Waals surface area (Å²) >= 11 is 0. The average Bonchev–Trinajstić information content (AvgIpc) is 4.15. The molecule has 0 aliphatic heterocycles. The molecule has 4 nitrogen and oxygen atoms in total. The predicted octanol–water partition coefficient (Wildman–Crippen LogP) is 17.9. The summed E-state index contributed by atoms with van der Waals surface area (Å²) in [4.78, 5) is 0. The fourth-order valence-corrected chi connectivity index (χ4v) is 12.5. The summed E-state index contributed by atoms with van der Waals surface area (Å²) in [5.41, 5.74) is 21.0. The van der Waals surface area contributed by atoms with E-state index in [0.29, 0.717) is 5.56 Å². The van der Waals surface area contributed by atoms with Gasteiger partial charge in [-0.15, -0.1) is 0 Å². The van der Waals surface area contributed by atoms with Gasteiger partial charge in [0.05, 0.1) is 50.0 Å². The predicted molar refractivity (Wildman–Crippen MR) is 308 cm³/mol. The molecule has 0 spiro atoms. The van der Waals surface area contributed by atoms with Gasteiger partial charge in [-0.2, -0.15) is 5.26 Å². The summed E-state index contributed by atoms with van der Waals surface area (Å²) < 4.78 is 7.48. The van der Waals surface area contributed by atoms with Crippen molar-refractivity contribution in [3.63, 3.8) is 0 Å². The third kappa shape index (κ3) is 6.08. The molecule has 4 heteroatoms. The third-order valence-corrected chi connectivity index (χ3v) is 15.5. The first kappa shape index (κ1) is 41.8. The van der Waals surface area contributed by atoms with Crippen LogP contribution in [0.25, 0.3) is 128 Å². The monoisotopic (exact) mass is 940 g/mol. The molecule has 1 aliphatic carbocycles. The zero-order valence-corrected chi connectivity index (χ0v) is 40.2. The summed E-state index contributed by atoms with van der Waals surface area (Å²) in [5, 5.41) is 19.2. The molecule has 0 fully saturated rings. The van der Waals surface area contributed by atoms with Crippen molar-refractivity contribution in [2.75, 3.05) is 0 Å². The maximum Gasteiger partial charge on any atom is 0.101 e. The maximum absolute atomic E-state index is 12.2. The van der Waals surface area contributed by atoms with E-state index < -0.39 is 0 Å². The van der Waals surface area contributed by atoms with Crippen molar-refractivity contribution in [2.24, 2.45) is 0 Å². The second-order valence-electron chi connectivity index (χ2n) is 19.4. The minimum absolute atomic E-state index is 0.617. The van der Waals surface area contributed by atoms with Crippen LogP contribution in [0, 0.1) is 11.3 Å². The molecular formula is C70H44N4. The molecule has 0 saturated carbocycles. The van der Waals surface area contributed by atoms with Crippen molar-refractivity contribution < 1.29 is 0 Å². The fraction of sp³-hybridized carbons (Fsp3) is 0.0143. The van der Waals surface area contributed by atoms with Crippen LogP contribution in [0.15, 0.2) is 249 Å². The Labute approximate surface area is 427 Å². The van der Waals surface area contributed by atoms with Gasteiger partial charge < -0.3 is 13.7 Å². The summed E-state index contributed by atoms with van der Waals surface area (Å²) in [6.45, 7) is 0. The molecule has 1 aliphatic rings. The molecule has 0 radical (unpaired) electrons. The number of benzene rings is 11. The lowest BCUT2D eigenvalue weighted by molar-refractivity contribution is 1.09. The highest BCUT2D eigenvalue weighted by Gasteiger charge is 2.33. The zero-order valence-electron chi connectivity index (χ0n) is 40.2. The zero-order chi connectivity index (χ0) is 48.9. The van der Waals surface area contributed by atoms with E-state index in [0.717, 1.165) is 117 Å². The van der Waals surface area contributed by atoms with Crippen LogP contribution in [0.3, 0.4) is 0 Å². The van der Waals surface area contributed by atoms with Crippen molar-refractivity contribution in [2.45, 2.75) is 6.42 Å². The van der Waals surface area contributed by atoms with Gasteiger partial charge in [0.25, 0.3) is 0 Å². The van der Waals surface area contributed by atoms with Gasteiger partial charge in [-0.3, -0.25) is 0 Å². The molecule has 11 aromatic carbocycles. The quantitative estimate of drug-likeness (QED) is 0.164. The van der Waals surface area contributed by atoms with Crippen LogP contribution in [0.4, 0.5) is 0 Å². The number of aromatic nitrogens is 3. The number of para-hydroxylation sites is 5. The summed E-state index contributed by atoms with van der Waals surface area (Å²) in [5.74, 6) is 0. The fourth-order valence-electron chi connectivity index (χ4n) is 12.5. The molecule has 0 amide bonds. The van der Waals surface area contributed by atoms with E-state index in [2.05, 4.69) is 275 Å². The molecule has 15 rings (SSSR count). The van der Waals surface area contributed by atoms with Crippen molar-refractivity contribution in [1.29, 1.82) is 5.26 Å². The molecule has 3 heterocycles. The van der Waals surface area contributed by atoms with Crippen molar-refractivity contribution in [1.82, 2.24) is 13.7 Å². The molecule has 14 aromatic rings. The number of hydrogen-bond donors (Lipinski definition) is 0. The number of rotatable bonds is 6. The Hall–Kier alpha value is -9.95. The first-order chi connectivity index (χ1) is 36.7. The largest absolute Gasteiger partial charge is 0.309 e. The van der Waals surface area contributed by atoms with Crippen molar-refractivity contribution >= 4 is 77.1 Å². The van der Waals surface area contributed by atoms with E-state index in [9.17, 15) is 5.26 Å². The van der Waals surface area contributed by atoms with Gasteiger partial charge in [-0.05, 0) is 93.9 Å². The van der Waals surface area contributed by atoms with Gasteiger partial charge in [0.15, 0.2) is 0 Å². The lowest BCUT2D eigenvalue weighted by atomic mass is 9.80. The van der Waals surface area contributed by atoms with Crippen LogP contribution in [0.5, 0.6) is 0 Å². The molecule has 0 bridgehead atoms. The van der Waals surface area contributed by atoms with E-state index >= 15 is 0 Å². The topological polar surface area (TPSA) is 38.6 Å². The van der Waals surface area contributed by atoms with E-state index in [-0.39, 0.29) is 0 Å². The molecule has 344 valence electrons. The summed E-state index contributed by atoms with van der Waals surface area (Å²) in [7, 11) is 0. The first-order valence-corrected chi connectivity index (χ1v) is 25.4. The van der Waals surface area contributed by atoms with Gasteiger partial charge in [0.1, 0.15) is 6.07 Å². The van der Waals surface area contributed by atoms with Crippen molar-refractivity contribution in [3.05, 3.63) is 271 Å². The van der Waals surface area contributed by atoms with E-state index in [1.54, 1.807) is 0 Å². The number of hydrogen-bond acceptors (Lipinski definition) is 1. The molecule has 0 N–H and O–H groups in total. The Morgan fingerprint density at radius 2 is 0.851 bits per heavy atom. The highest BCUT2D eigenvalue weighted by atomic mass is 15.1. The highest BCUT2D eigenvalue weighted by molar-refractivity contribution is 6.27. The van der Waals surface area contributed by atoms with Gasteiger partial charge in [-0.25, -0.2) is 0 Å². The Morgan fingerprint density at radius 3 is 1.49 bits per heavy atom. The average molecular weight is 941 g/mol. The van der Waals surface area contributed by atoms with Crippen LogP contribution in [0.2, 0.25) is 0 Å².